The van der Waals surface area contributed by atoms with Crippen LogP contribution in [0.15, 0.2) is 0 Å². The fourth-order valence-corrected chi connectivity index (χ4v) is 7.42. The summed E-state index contributed by atoms with van der Waals surface area (Å²) in [7, 11) is -0.160. The summed E-state index contributed by atoms with van der Waals surface area (Å²) in [6.45, 7) is 9.65. The normalized spacial score (nSPS) is 41.4. The van der Waals surface area contributed by atoms with Gasteiger partial charge in [-0.2, -0.15) is 0 Å². The van der Waals surface area contributed by atoms with Gasteiger partial charge in [-0.1, -0.05) is 34.1 Å². The average Bonchev–Trinajstić information content (AvgIpc) is 2.48. The topological polar surface area (TPSA) is 0 Å². The van der Waals surface area contributed by atoms with E-state index < -0.39 is 0 Å². The third kappa shape index (κ3) is 2.90. The standard InChI is InChI=1S/C12H26S/c1-5-11(3)9-13(6-2)8-7-12(4)10-13/h11-12H,5-10H2,1-4H3. The zero-order valence-corrected chi connectivity index (χ0v) is 10.6. The van der Waals surface area contributed by atoms with Crippen molar-refractivity contribution in [2.45, 2.75) is 40.5 Å². The molecule has 1 heteroatoms. The largest absolute Gasteiger partial charge is 0.241 e. The van der Waals surface area contributed by atoms with Crippen LogP contribution in [0, 0.1) is 11.8 Å². The molecule has 0 radical (unpaired) electrons. The fraction of sp³-hybridized carbons (Fsp3) is 1.00. The second-order valence-electron chi connectivity index (χ2n) is 4.96. The lowest BCUT2D eigenvalue weighted by Crippen LogP contribution is -2.16. The van der Waals surface area contributed by atoms with Crippen molar-refractivity contribution >= 4 is 10.0 Å². The molecule has 0 N–H and O–H groups in total. The molecule has 1 aliphatic heterocycles. The monoisotopic (exact) mass is 202 g/mol. The molecule has 0 aromatic rings. The Hall–Kier alpha value is 0.350. The van der Waals surface area contributed by atoms with Crippen LogP contribution in [0.5, 0.6) is 0 Å². The highest BCUT2D eigenvalue weighted by atomic mass is 32.3. The summed E-state index contributed by atoms with van der Waals surface area (Å²) >= 11 is 0. The minimum absolute atomic E-state index is 0.160. The highest BCUT2D eigenvalue weighted by Crippen LogP contribution is 2.56. The van der Waals surface area contributed by atoms with E-state index in [1.807, 2.05) is 0 Å². The minimum Gasteiger partial charge on any atom is -0.241 e. The molecule has 3 unspecified atom stereocenters. The summed E-state index contributed by atoms with van der Waals surface area (Å²) in [6, 6.07) is 0. The molecule has 0 aromatic carbocycles. The van der Waals surface area contributed by atoms with Gasteiger partial charge in [0.2, 0.25) is 0 Å². The maximum atomic E-state index is 2.45. The summed E-state index contributed by atoms with van der Waals surface area (Å²) in [5, 5.41) is 0. The molecule has 0 amide bonds. The Morgan fingerprint density at radius 3 is 2.46 bits per heavy atom. The predicted octanol–water partition coefficient (Wildman–Crippen LogP) is 3.90. The molecule has 0 saturated carbocycles. The van der Waals surface area contributed by atoms with Crippen LogP contribution in [0.25, 0.3) is 0 Å². The van der Waals surface area contributed by atoms with E-state index >= 15 is 0 Å². The van der Waals surface area contributed by atoms with Gasteiger partial charge in [-0.25, -0.2) is 10.0 Å². The van der Waals surface area contributed by atoms with Gasteiger partial charge in [0.05, 0.1) is 0 Å². The van der Waals surface area contributed by atoms with E-state index in [2.05, 4.69) is 27.7 Å². The molecule has 3 atom stereocenters. The van der Waals surface area contributed by atoms with Crippen molar-refractivity contribution in [3.63, 3.8) is 0 Å². The molecule has 0 aliphatic carbocycles. The van der Waals surface area contributed by atoms with E-state index in [0.717, 1.165) is 11.8 Å². The van der Waals surface area contributed by atoms with E-state index in [1.165, 1.54) is 18.6 Å². The van der Waals surface area contributed by atoms with Crippen molar-refractivity contribution in [3.05, 3.63) is 0 Å². The highest BCUT2D eigenvalue weighted by molar-refractivity contribution is 8.33. The van der Waals surface area contributed by atoms with Crippen LogP contribution >= 0.6 is 10.0 Å². The van der Waals surface area contributed by atoms with Crippen LogP contribution in [0.4, 0.5) is 0 Å². The fourth-order valence-electron chi connectivity index (χ4n) is 2.47. The Morgan fingerprint density at radius 1 is 1.38 bits per heavy atom. The van der Waals surface area contributed by atoms with Crippen molar-refractivity contribution in [1.82, 2.24) is 0 Å². The smallest absolute Gasteiger partial charge is 0.0202 e. The van der Waals surface area contributed by atoms with Gasteiger partial charge in [0.15, 0.2) is 0 Å². The molecular formula is C12H26S. The Balaban J connectivity index is 2.50. The van der Waals surface area contributed by atoms with Crippen LogP contribution in [-0.2, 0) is 0 Å². The Labute approximate surface area is 85.8 Å². The van der Waals surface area contributed by atoms with Crippen LogP contribution in [0.2, 0.25) is 0 Å². The lowest BCUT2D eigenvalue weighted by molar-refractivity contribution is 0.632. The molecule has 1 rings (SSSR count). The van der Waals surface area contributed by atoms with E-state index in [9.17, 15) is 0 Å². The SMILES string of the molecule is CCC(C)CS1(CC)CCC(C)C1. The predicted molar refractivity (Wildman–Crippen MR) is 66.0 cm³/mol. The molecule has 0 aromatic heterocycles. The molecule has 0 bridgehead atoms. The molecule has 80 valence electrons. The Morgan fingerprint density at radius 2 is 2.08 bits per heavy atom. The summed E-state index contributed by atoms with van der Waals surface area (Å²) < 4.78 is 0. The van der Waals surface area contributed by atoms with Crippen LogP contribution in [0.3, 0.4) is 0 Å². The van der Waals surface area contributed by atoms with Gasteiger partial charge in [-0.05, 0) is 41.3 Å². The third-order valence-electron chi connectivity index (χ3n) is 3.63. The molecule has 1 heterocycles. The molecule has 0 spiro atoms. The van der Waals surface area contributed by atoms with Gasteiger partial charge in [-0.3, -0.25) is 0 Å². The molecule has 0 nitrogen and oxygen atoms in total. The first-order valence-electron chi connectivity index (χ1n) is 5.86. The lowest BCUT2D eigenvalue weighted by Gasteiger charge is -2.37. The molecule has 1 saturated heterocycles. The third-order valence-corrected chi connectivity index (χ3v) is 8.51. The minimum atomic E-state index is -0.160. The van der Waals surface area contributed by atoms with Crippen LogP contribution < -0.4 is 0 Å². The van der Waals surface area contributed by atoms with Crippen molar-refractivity contribution in [2.75, 3.05) is 23.0 Å². The highest BCUT2D eigenvalue weighted by Gasteiger charge is 2.31. The van der Waals surface area contributed by atoms with Gasteiger partial charge in [-0.15, -0.1) is 0 Å². The van der Waals surface area contributed by atoms with Crippen molar-refractivity contribution in [2.24, 2.45) is 11.8 Å². The van der Waals surface area contributed by atoms with Crippen LogP contribution in [-0.4, -0.2) is 23.0 Å². The van der Waals surface area contributed by atoms with Crippen molar-refractivity contribution in [3.8, 4) is 0 Å². The average molecular weight is 202 g/mol. The van der Waals surface area contributed by atoms with E-state index in [0.29, 0.717) is 0 Å². The van der Waals surface area contributed by atoms with Crippen molar-refractivity contribution in [1.29, 1.82) is 0 Å². The Kier molecular flexibility index (Phi) is 4.15. The number of rotatable bonds is 4. The number of hydrogen-bond acceptors (Lipinski definition) is 0. The van der Waals surface area contributed by atoms with Gasteiger partial charge >= 0.3 is 0 Å². The number of hydrogen-bond donors (Lipinski definition) is 0. The van der Waals surface area contributed by atoms with Crippen LogP contribution in [0.1, 0.15) is 40.5 Å². The van der Waals surface area contributed by atoms with E-state index in [1.54, 1.807) is 17.3 Å². The second-order valence-corrected chi connectivity index (χ2v) is 9.06. The quantitative estimate of drug-likeness (QED) is 0.648. The summed E-state index contributed by atoms with van der Waals surface area (Å²) in [6.07, 6.45) is 2.89. The first kappa shape index (κ1) is 11.4. The first-order valence-corrected chi connectivity index (χ1v) is 8.17. The zero-order valence-electron chi connectivity index (χ0n) is 9.81. The lowest BCUT2D eigenvalue weighted by atomic mass is 10.2. The van der Waals surface area contributed by atoms with E-state index in [-0.39, 0.29) is 10.0 Å². The molecular weight excluding hydrogens is 176 g/mol. The summed E-state index contributed by atoms with van der Waals surface area (Å²) in [4.78, 5) is 0. The van der Waals surface area contributed by atoms with Gasteiger partial charge in [0.1, 0.15) is 0 Å². The second kappa shape index (κ2) is 4.72. The van der Waals surface area contributed by atoms with Crippen molar-refractivity contribution < 1.29 is 0 Å². The van der Waals surface area contributed by atoms with Gasteiger partial charge in [0.25, 0.3) is 0 Å². The van der Waals surface area contributed by atoms with E-state index in [4.69, 9.17) is 0 Å². The maximum absolute atomic E-state index is 2.45. The van der Waals surface area contributed by atoms with Gasteiger partial charge in [0, 0.05) is 0 Å². The molecule has 1 fully saturated rings. The first-order chi connectivity index (χ1) is 6.12. The molecule has 13 heavy (non-hydrogen) atoms. The summed E-state index contributed by atoms with van der Waals surface area (Å²) in [5.74, 6) is 8.20. The maximum Gasteiger partial charge on any atom is -0.0202 e. The molecule has 1 aliphatic rings. The summed E-state index contributed by atoms with van der Waals surface area (Å²) in [5.41, 5.74) is 0. The van der Waals surface area contributed by atoms with Gasteiger partial charge < -0.3 is 0 Å². The zero-order chi connectivity index (χ0) is 9.90. The Bertz CT molecular complexity index is 155.